The van der Waals surface area contributed by atoms with E-state index in [4.69, 9.17) is 4.74 Å². The minimum atomic E-state index is 0.297. The Morgan fingerprint density at radius 3 is 2.89 bits per heavy atom. The summed E-state index contributed by atoms with van der Waals surface area (Å²) in [6.07, 6.45) is 7.20. The van der Waals surface area contributed by atoms with Crippen molar-refractivity contribution >= 4 is 15.9 Å². The summed E-state index contributed by atoms with van der Waals surface area (Å²) < 4.78 is 6.61. The highest BCUT2D eigenvalue weighted by Crippen LogP contribution is 2.36. The fourth-order valence-corrected chi connectivity index (χ4v) is 2.95. The number of benzene rings is 1. The Bertz CT molecular complexity index is 456. The predicted octanol–water partition coefficient (Wildman–Crippen LogP) is 4.61. The minimum Gasteiger partial charge on any atom is -0.496 e. The highest BCUT2D eigenvalue weighted by molar-refractivity contribution is 9.10. The molecule has 3 heteroatoms. The third kappa shape index (κ3) is 3.61. The number of hydrogen-bond donors (Lipinski definition) is 1. The molecule has 0 saturated carbocycles. The van der Waals surface area contributed by atoms with Gasteiger partial charge in [0, 0.05) is 10.0 Å². The number of ether oxygens (including phenoxy) is 1. The zero-order valence-electron chi connectivity index (χ0n) is 11.7. The zero-order valence-corrected chi connectivity index (χ0v) is 13.3. The van der Waals surface area contributed by atoms with Crippen LogP contribution in [0.2, 0.25) is 0 Å². The van der Waals surface area contributed by atoms with Gasteiger partial charge in [0.2, 0.25) is 0 Å². The molecule has 1 atom stereocenters. The van der Waals surface area contributed by atoms with Crippen LogP contribution in [0.3, 0.4) is 0 Å². The molecule has 1 unspecified atom stereocenters. The van der Waals surface area contributed by atoms with Crippen LogP contribution in [0.25, 0.3) is 0 Å². The van der Waals surface area contributed by atoms with Crippen molar-refractivity contribution in [3.8, 4) is 5.75 Å². The van der Waals surface area contributed by atoms with Crippen LogP contribution in [-0.2, 0) is 0 Å². The first-order valence-corrected chi connectivity index (χ1v) is 7.81. The first-order chi connectivity index (χ1) is 9.26. The van der Waals surface area contributed by atoms with Gasteiger partial charge in [0.1, 0.15) is 5.75 Å². The molecule has 0 saturated heterocycles. The van der Waals surface area contributed by atoms with Crippen LogP contribution in [0.5, 0.6) is 5.75 Å². The quantitative estimate of drug-likeness (QED) is 0.772. The van der Waals surface area contributed by atoms with E-state index in [0.717, 1.165) is 23.2 Å². The van der Waals surface area contributed by atoms with E-state index in [1.807, 2.05) is 6.07 Å². The summed E-state index contributed by atoms with van der Waals surface area (Å²) in [5.74, 6) is 0.954. The van der Waals surface area contributed by atoms with Gasteiger partial charge >= 0.3 is 0 Å². The van der Waals surface area contributed by atoms with Crippen molar-refractivity contribution in [2.24, 2.45) is 0 Å². The molecule has 1 aliphatic carbocycles. The van der Waals surface area contributed by atoms with Gasteiger partial charge in [-0.25, -0.2) is 0 Å². The lowest BCUT2D eigenvalue weighted by Crippen LogP contribution is -2.24. The van der Waals surface area contributed by atoms with Crippen molar-refractivity contribution in [2.45, 2.75) is 38.6 Å². The second-order valence-electron chi connectivity index (χ2n) is 4.94. The predicted molar refractivity (Wildman–Crippen MR) is 83.7 cm³/mol. The molecule has 2 rings (SSSR count). The maximum atomic E-state index is 5.55. The fraction of sp³-hybridized carbons (Fsp3) is 0.500. The summed E-state index contributed by atoms with van der Waals surface area (Å²) in [5, 5.41) is 3.66. The Labute approximate surface area is 124 Å². The molecule has 0 amide bonds. The molecule has 1 aromatic rings. The average Bonchev–Trinajstić information content (AvgIpc) is 2.94. The number of hydrogen-bond acceptors (Lipinski definition) is 2. The number of nitrogens with one attached hydrogen (secondary N) is 1. The number of rotatable bonds is 6. The highest BCUT2D eigenvalue weighted by atomic mass is 79.9. The lowest BCUT2D eigenvalue weighted by atomic mass is 9.97. The van der Waals surface area contributed by atoms with Gasteiger partial charge in [0.25, 0.3) is 0 Å². The maximum Gasteiger partial charge on any atom is 0.125 e. The molecular weight excluding hydrogens is 302 g/mol. The largest absolute Gasteiger partial charge is 0.496 e. The molecular formula is C16H22BrNO. The lowest BCUT2D eigenvalue weighted by Gasteiger charge is -2.23. The first kappa shape index (κ1) is 14.6. The summed E-state index contributed by atoms with van der Waals surface area (Å²) >= 11 is 3.51. The van der Waals surface area contributed by atoms with Gasteiger partial charge in [0.15, 0.2) is 0 Å². The van der Waals surface area contributed by atoms with Crippen molar-refractivity contribution in [1.29, 1.82) is 0 Å². The van der Waals surface area contributed by atoms with Crippen molar-refractivity contribution < 1.29 is 4.74 Å². The standard InChI is InChI=1S/C16H22BrNO/c1-3-10-18-16(12-6-4-5-7-12)14-9-8-13(17)11-15(14)19-2/h6,8-9,11,16,18H,3-5,7,10H2,1-2H3. The Balaban J connectivity index is 2.31. The molecule has 104 valence electrons. The Kier molecular flexibility index (Phi) is 5.46. The van der Waals surface area contributed by atoms with Gasteiger partial charge in [-0.1, -0.05) is 40.6 Å². The summed E-state index contributed by atoms with van der Waals surface area (Å²) in [6.45, 7) is 3.23. The van der Waals surface area contributed by atoms with Crippen molar-refractivity contribution in [1.82, 2.24) is 5.32 Å². The zero-order chi connectivity index (χ0) is 13.7. The van der Waals surface area contributed by atoms with E-state index in [-0.39, 0.29) is 0 Å². The van der Waals surface area contributed by atoms with Crippen LogP contribution < -0.4 is 10.1 Å². The van der Waals surface area contributed by atoms with Crippen LogP contribution in [0.4, 0.5) is 0 Å². The molecule has 0 fully saturated rings. The van der Waals surface area contributed by atoms with E-state index in [1.54, 1.807) is 7.11 Å². The Morgan fingerprint density at radius 1 is 1.42 bits per heavy atom. The van der Waals surface area contributed by atoms with E-state index >= 15 is 0 Å². The molecule has 0 bridgehead atoms. The molecule has 1 aliphatic rings. The SMILES string of the molecule is CCCNC(C1=CCCC1)c1ccc(Br)cc1OC. The van der Waals surface area contributed by atoms with Gasteiger partial charge in [-0.3, -0.25) is 0 Å². The average molecular weight is 324 g/mol. The molecule has 19 heavy (non-hydrogen) atoms. The second kappa shape index (κ2) is 7.11. The van der Waals surface area contributed by atoms with Gasteiger partial charge in [0.05, 0.1) is 13.2 Å². The van der Waals surface area contributed by atoms with Crippen LogP contribution in [-0.4, -0.2) is 13.7 Å². The van der Waals surface area contributed by atoms with Gasteiger partial charge in [-0.05, 0) is 44.4 Å². The van der Waals surface area contributed by atoms with E-state index in [2.05, 4.69) is 46.4 Å². The lowest BCUT2D eigenvalue weighted by molar-refractivity contribution is 0.402. The highest BCUT2D eigenvalue weighted by Gasteiger charge is 2.21. The summed E-state index contributed by atoms with van der Waals surface area (Å²) in [4.78, 5) is 0. The number of methoxy groups -OCH3 is 1. The molecule has 1 aromatic carbocycles. The molecule has 1 N–H and O–H groups in total. The second-order valence-corrected chi connectivity index (χ2v) is 5.86. The van der Waals surface area contributed by atoms with Crippen molar-refractivity contribution in [2.75, 3.05) is 13.7 Å². The van der Waals surface area contributed by atoms with E-state index in [1.165, 1.54) is 30.4 Å². The molecule has 0 spiro atoms. The first-order valence-electron chi connectivity index (χ1n) is 7.02. The topological polar surface area (TPSA) is 21.3 Å². The maximum absolute atomic E-state index is 5.55. The van der Waals surface area contributed by atoms with Crippen LogP contribution >= 0.6 is 15.9 Å². The monoisotopic (exact) mass is 323 g/mol. The molecule has 2 nitrogen and oxygen atoms in total. The summed E-state index contributed by atoms with van der Waals surface area (Å²) in [7, 11) is 1.74. The summed E-state index contributed by atoms with van der Waals surface area (Å²) in [5.41, 5.74) is 2.75. The van der Waals surface area contributed by atoms with E-state index in [0.29, 0.717) is 6.04 Å². The molecule has 0 aromatic heterocycles. The summed E-state index contributed by atoms with van der Waals surface area (Å²) in [6, 6.07) is 6.60. The third-order valence-corrected chi connectivity index (χ3v) is 4.05. The molecule has 0 radical (unpaired) electrons. The third-order valence-electron chi connectivity index (χ3n) is 3.55. The minimum absolute atomic E-state index is 0.297. The van der Waals surface area contributed by atoms with Crippen LogP contribution in [0, 0.1) is 0 Å². The Hall–Kier alpha value is -0.800. The van der Waals surface area contributed by atoms with Crippen molar-refractivity contribution in [3.05, 3.63) is 39.9 Å². The number of allylic oxidation sites excluding steroid dienone is 1. The van der Waals surface area contributed by atoms with Gasteiger partial charge < -0.3 is 10.1 Å². The molecule has 0 heterocycles. The normalized spacial score (nSPS) is 16.3. The smallest absolute Gasteiger partial charge is 0.125 e. The van der Waals surface area contributed by atoms with E-state index in [9.17, 15) is 0 Å². The van der Waals surface area contributed by atoms with Crippen molar-refractivity contribution in [3.63, 3.8) is 0 Å². The van der Waals surface area contributed by atoms with Gasteiger partial charge in [-0.2, -0.15) is 0 Å². The van der Waals surface area contributed by atoms with Crippen LogP contribution in [0.1, 0.15) is 44.2 Å². The number of halogens is 1. The van der Waals surface area contributed by atoms with Gasteiger partial charge in [-0.15, -0.1) is 0 Å². The molecule has 0 aliphatic heterocycles. The Morgan fingerprint density at radius 2 is 2.26 bits per heavy atom. The van der Waals surface area contributed by atoms with Crippen LogP contribution in [0.15, 0.2) is 34.3 Å². The fourth-order valence-electron chi connectivity index (χ4n) is 2.61. The van der Waals surface area contributed by atoms with E-state index < -0.39 is 0 Å².